The summed E-state index contributed by atoms with van der Waals surface area (Å²) in [6.45, 7) is 9.63. The molecule has 1 heterocycles. The highest BCUT2D eigenvalue weighted by atomic mass is 16.5. The molecule has 2 rings (SSSR count). The Balaban J connectivity index is 1.89. The van der Waals surface area contributed by atoms with Crippen LogP contribution in [0.15, 0.2) is 36.9 Å². The first kappa shape index (κ1) is 18.1. The van der Waals surface area contributed by atoms with Gasteiger partial charge in [0, 0.05) is 26.2 Å². The smallest absolute Gasteiger partial charge is 0.0900 e. The van der Waals surface area contributed by atoms with Crippen molar-refractivity contribution >= 4 is 0 Å². The number of nitrogens with zero attached hydrogens (tertiary/aromatic N) is 1. The van der Waals surface area contributed by atoms with E-state index in [1.165, 1.54) is 11.1 Å². The molecule has 4 heteroatoms. The first-order valence-electron chi connectivity index (χ1n) is 8.43. The third-order valence-electron chi connectivity index (χ3n) is 4.03. The van der Waals surface area contributed by atoms with E-state index in [4.69, 9.17) is 9.47 Å². The molecular formula is C19H29NO3. The van der Waals surface area contributed by atoms with Gasteiger partial charge in [-0.2, -0.15) is 0 Å². The van der Waals surface area contributed by atoms with Crippen LogP contribution in [0.25, 0.3) is 0 Å². The molecule has 1 aromatic rings. The molecule has 0 spiro atoms. The summed E-state index contributed by atoms with van der Waals surface area (Å²) in [5.41, 5.74) is 2.52. The van der Waals surface area contributed by atoms with Crippen LogP contribution in [0, 0.1) is 6.92 Å². The van der Waals surface area contributed by atoms with E-state index in [0.29, 0.717) is 19.8 Å². The van der Waals surface area contributed by atoms with Gasteiger partial charge >= 0.3 is 0 Å². The fourth-order valence-corrected chi connectivity index (χ4v) is 2.87. The molecule has 0 radical (unpaired) electrons. The molecule has 1 N–H and O–H groups in total. The van der Waals surface area contributed by atoms with Crippen molar-refractivity contribution in [2.45, 2.75) is 38.5 Å². The molecule has 0 bridgehead atoms. The Morgan fingerprint density at radius 2 is 2.22 bits per heavy atom. The highest BCUT2D eigenvalue weighted by Gasteiger charge is 2.21. The van der Waals surface area contributed by atoms with Crippen molar-refractivity contribution in [3.8, 4) is 0 Å². The fourth-order valence-electron chi connectivity index (χ4n) is 2.87. The standard InChI is InChI=1S/C19H29NO3/c1-3-10-22-15-18(21)13-20(14-19-5-4-11-23-19)12-17-8-6-16(2)7-9-17/h3,6-9,18-19,21H,1,4-5,10-15H2,2H3/t18-,19+/m0/s1. The largest absolute Gasteiger partial charge is 0.389 e. The lowest BCUT2D eigenvalue weighted by atomic mass is 10.1. The lowest BCUT2D eigenvalue weighted by Gasteiger charge is -2.27. The maximum Gasteiger partial charge on any atom is 0.0900 e. The van der Waals surface area contributed by atoms with Gasteiger partial charge in [0.25, 0.3) is 0 Å². The lowest BCUT2D eigenvalue weighted by molar-refractivity contribution is 0.00856. The van der Waals surface area contributed by atoms with E-state index in [1.807, 2.05) is 0 Å². The molecule has 1 saturated heterocycles. The lowest BCUT2D eigenvalue weighted by Crippen LogP contribution is -2.39. The normalized spacial score (nSPS) is 19.2. The number of benzene rings is 1. The minimum atomic E-state index is -0.498. The van der Waals surface area contributed by atoms with E-state index < -0.39 is 6.10 Å². The van der Waals surface area contributed by atoms with Gasteiger partial charge in [0.05, 0.1) is 25.4 Å². The van der Waals surface area contributed by atoms with Gasteiger partial charge in [-0.3, -0.25) is 4.90 Å². The molecule has 0 saturated carbocycles. The van der Waals surface area contributed by atoms with E-state index in [-0.39, 0.29) is 6.10 Å². The zero-order chi connectivity index (χ0) is 16.5. The Labute approximate surface area is 139 Å². The number of aliphatic hydroxyl groups excluding tert-OH is 1. The van der Waals surface area contributed by atoms with Gasteiger partial charge in [-0.05, 0) is 25.3 Å². The third-order valence-corrected chi connectivity index (χ3v) is 4.03. The zero-order valence-corrected chi connectivity index (χ0v) is 14.1. The van der Waals surface area contributed by atoms with E-state index in [0.717, 1.165) is 32.5 Å². The minimum Gasteiger partial charge on any atom is -0.389 e. The molecular weight excluding hydrogens is 290 g/mol. The maximum absolute atomic E-state index is 10.2. The summed E-state index contributed by atoms with van der Waals surface area (Å²) in [6, 6.07) is 8.56. The van der Waals surface area contributed by atoms with E-state index in [2.05, 4.69) is 42.7 Å². The van der Waals surface area contributed by atoms with Crippen LogP contribution in [-0.2, 0) is 16.0 Å². The van der Waals surface area contributed by atoms with Crippen LogP contribution in [0.4, 0.5) is 0 Å². The number of hydrogen-bond acceptors (Lipinski definition) is 4. The van der Waals surface area contributed by atoms with E-state index in [9.17, 15) is 5.11 Å². The predicted octanol–water partition coefficient (Wildman–Crippen LogP) is 2.54. The molecule has 0 aromatic heterocycles. The van der Waals surface area contributed by atoms with Crippen molar-refractivity contribution in [2.24, 2.45) is 0 Å². The van der Waals surface area contributed by atoms with Gasteiger partial charge in [-0.1, -0.05) is 35.9 Å². The highest BCUT2D eigenvalue weighted by molar-refractivity contribution is 5.21. The second-order valence-electron chi connectivity index (χ2n) is 6.29. The van der Waals surface area contributed by atoms with Gasteiger partial charge in [0.15, 0.2) is 0 Å². The molecule has 1 aliphatic heterocycles. The third kappa shape index (κ3) is 6.83. The molecule has 1 aliphatic rings. The van der Waals surface area contributed by atoms with Crippen LogP contribution in [0.3, 0.4) is 0 Å². The van der Waals surface area contributed by atoms with Crippen LogP contribution < -0.4 is 0 Å². The first-order chi connectivity index (χ1) is 11.2. The summed E-state index contributed by atoms with van der Waals surface area (Å²) >= 11 is 0. The molecule has 4 nitrogen and oxygen atoms in total. The van der Waals surface area contributed by atoms with Crippen molar-refractivity contribution in [1.29, 1.82) is 0 Å². The number of ether oxygens (including phenoxy) is 2. The summed E-state index contributed by atoms with van der Waals surface area (Å²) in [7, 11) is 0. The quantitative estimate of drug-likeness (QED) is 0.531. The molecule has 1 fully saturated rings. The summed E-state index contributed by atoms with van der Waals surface area (Å²) < 4.78 is 11.1. The van der Waals surface area contributed by atoms with Gasteiger partial charge in [-0.25, -0.2) is 0 Å². The fraction of sp³-hybridized carbons (Fsp3) is 0.579. The number of aliphatic hydroxyl groups is 1. The minimum absolute atomic E-state index is 0.279. The molecule has 0 amide bonds. The van der Waals surface area contributed by atoms with Crippen molar-refractivity contribution in [2.75, 3.05) is 32.9 Å². The molecule has 0 aliphatic carbocycles. The Kier molecular flexibility index (Phi) is 7.76. The Hall–Kier alpha value is -1.20. The van der Waals surface area contributed by atoms with Crippen LogP contribution in [-0.4, -0.2) is 55.1 Å². The van der Waals surface area contributed by atoms with Crippen LogP contribution in [0.1, 0.15) is 24.0 Å². The molecule has 2 atom stereocenters. The first-order valence-corrected chi connectivity index (χ1v) is 8.43. The van der Waals surface area contributed by atoms with Crippen molar-refractivity contribution in [1.82, 2.24) is 4.90 Å². The van der Waals surface area contributed by atoms with Crippen LogP contribution in [0.2, 0.25) is 0 Å². The molecule has 0 unspecified atom stereocenters. The second kappa shape index (κ2) is 9.83. The average molecular weight is 319 g/mol. The van der Waals surface area contributed by atoms with Crippen molar-refractivity contribution in [3.63, 3.8) is 0 Å². The van der Waals surface area contributed by atoms with E-state index in [1.54, 1.807) is 6.08 Å². The Bertz CT molecular complexity index is 454. The van der Waals surface area contributed by atoms with Crippen molar-refractivity contribution in [3.05, 3.63) is 48.0 Å². The summed E-state index contributed by atoms with van der Waals surface area (Å²) in [4.78, 5) is 2.27. The van der Waals surface area contributed by atoms with Crippen LogP contribution in [0.5, 0.6) is 0 Å². The molecule has 128 valence electrons. The molecule has 1 aromatic carbocycles. The average Bonchev–Trinajstić information content (AvgIpc) is 3.03. The summed E-state index contributed by atoms with van der Waals surface area (Å²) in [5, 5.41) is 10.2. The number of hydrogen-bond donors (Lipinski definition) is 1. The van der Waals surface area contributed by atoms with Gasteiger partial charge in [-0.15, -0.1) is 6.58 Å². The van der Waals surface area contributed by atoms with E-state index >= 15 is 0 Å². The predicted molar refractivity (Wildman–Crippen MR) is 92.5 cm³/mol. The number of rotatable bonds is 10. The SMILES string of the molecule is C=CCOC[C@@H](O)CN(Cc1ccc(C)cc1)C[C@H]1CCCO1. The Morgan fingerprint density at radius 3 is 2.87 bits per heavy atom. The number of aryl methyl sites for hydroxylation is 1. The maximum atomic E-state index is 10.2. The van der Waals surface area contributed by atoms with Gasteiger partial charge in [0.1, 0.15) is 0 Å². The van der Waals surface area contributed by atoms with Gasteiger partial charge < -0.3 is 14.6 Å². The monoisotopic (exact) mass is 319 g/mol. The topological polar surface area (TPSA) is 41.9 Å². The summed E-state index contributed by atoms with van der Waals surface area (Å²) in [6.07, 6.45) is 3.72. The Morgan fingerprint density at radius 1 is 1.43 bits per heavy atom. The van der Waals surface area contributed by atoms with Gasteiger partial charge in [0.2, 0.25) is 0 Å². The zero-order valence-electron chi connectivity index (χ0n) is 14.1. The highest BCUT2D eigenvalue weighted by Crippen LogP contribution is 2.16. The second-order valence-corrected chi connectivity index (χ2v) is 6.29. The summed E-state index contributed by atoms with van der Waals surface area (Å²) in [5.74, 6) is 0. The van der Waals surface area contributed by atoms with Crippen LogP contribution >= 0.6 is 0 Å². The molecule has 23 heavy (non-hydrogen) atoms. The van der Waals surface area contributed by atoms with Crippen molar-refractivity contribution < 1.29 is 14.6 Å².